The lowest BCUT2D eigenvalue weighted by atomic mass is 10.1. The van der Waals surface area contributed by atoms with Crippen molar-refractivity contribution in [2.75, 3.05) is 44.7 Å². The van der Waals surface area contributed by atoms with Gasteiger partial charge in [0.25, 0.3) is 0 Å². The van der Waals surface area contributed by atoms with Crippen LogP contribution in [0.25, 0.3) is 0 Å². The van der Waals surface area contributed by atoms with Gasteiger partial charge in [0.2, 0.25) is 5.88 Å². The van der Waals surface area contributed by atoms with Gasteiger partial charge in [0.05, 0.1) is 24.9 Å². The molecular formula is C22H27ClF2N4O6S. The van der Waals surface area contributed by atoms with Crippen LogP contribution in [-0.4, -0.2) is 77.0 Å². The number of β-amino-alcohol motifs (C(OH)–C–C–N with tert-alkyl or cyclic N) is 1. The minimum absolute atomic E-state index is 0.0898. The smallest absolute Gasteiger partial charge is 0.344 e. The zero-order chi connectivity index (χ0) is 26.1. The largest absolute Gasteiger partial charge is 0.477 e. The van der Waals surface area contributed by atoms with Gasteiger partial charge in [-0.1, -0.05) is 11.6 Å². The lowest BCUT2D eigenvalue weighted by molar-refractivity contribution is 0.0128. The highest BCUT2D eigenvalue weighted by Gasteiger charge is 2.24. The van der Waals surface area contributed by atoms with Crippen molar-refractivity contribution in [3.05, 3.63) is 39.9 Å². The Balaban J connectivity index is 1.44. The number of benzene rings is 1. The number of aliphatic hydroxyl groups is 1. The van der Waals surface area contributed by atoms with Gasteiger partial charge >= 0.3 is 12.0 Å². The number of ether oxygens (including phenoxy) is 2. The van der Waals surface area contributed by atoms with Crippen LogP contribution in [0.1, 0.15) is 35.2 Å². The number of halogens is 3. The van der Waals surface area contributed by atoms with Crippen molar-refractivity contribution in [1.82, 2.24) is 14.6 Å². The number of aliphatic hydroxyl groups excluding tert-OH is 1. The Morgan fingerprint density at radius 3 is 2.61 bits per heavy atom. The van der Waals surface area contributed by atoms with Crippen LogP contribution >= 0.6 is 23.1 Å². The first-order valence-corrected chi connectivity index (χ1v) is 12.4. The van der Waals surface area contributed by atoms with Gasteiger partial charge in [0, 0.05) is 31.2 Å². The van der Waals surface area contributed by atoms with E-state index in [2.05, 4.69) is 19.9 Å². The van der Waals surface area contributed by atoms with E-state index in [1.54, 1.807) is 0 Å². The summed E-state index contributed by atoms with van der Waals surface area (Å²) < 4.78 is 42.3. The van der Waals surface area contributed by atoms with Gasteiger partial charge in [0.15, 0.2) is 5.56 Å². The number of carbonyl (C=O) groups excluding carboxylic acids is 1. The van der Waals surface area contributed by atoms with E-state index in [-0.39, 0.29) is 15.9 Å². The molecule has 2 heterocycles. The molecule has 0 saturated carbocycles. The van der Waals surface area contributed by atoms with Crippen molar-refractivity contribution in [3.63, 3.8) is 0 Å². The number of rotatable bonds is 12. The number of hydrogen-bond acceptors (Lipinski definition) is 8. The highest BCUT2D eigenvalue weighted by molar-refractivity contribution is 7.11. The molecule has 1 saturated heterocycles. The molecule has 198 valence electrons. The minimum Gasteiger partial charge on any atom is -0.477 e. The number of carboxylic acids is 1. The average molecular weight is 549 g/mol. The van der Waals surface area contributed by atoms with Gasteiger partial charge in [-0.3, -0.25) is 10.2 Å². The van der Waals surface area contributed by atoms with Crippen LogP contribution in [0.2, 0.25) is 5.02 Å². The summed E-state index contributed by atoms with van der Waals surface area (Å²) in [5, 5.41) is 24.5. The molecule has 1 aromatic heterocycles. The Kier molecular flexibility index (Phi) is 10.6. The maximum atomic E-state index is 13.9. The van der Waals surface area contributed by atoms with Crippen molar-refractivity contribution in [3.8, 4) is 5.88 Å². The topological polar surface area (TPSA) is 133 Å². The molecule has 0 aliphatic carbocycles. The quantitative estimate of drug-likeness (QED) is 0.297. The standard InChI is InChI=1S/C22H27ClF2N4O6S/c23-13-9-16(24)15(17(25)10-13)12-35-19-18(21(31)32)20(36-28-19)27-22(33)26-4-2-1-3-14(30)11-29-5-7-34-8-6-29/h9-10,14,30H,1-8,11-12H2,(H,31,32)(H2,26,27,33). The molecule has 1 fully saturated rings. The first-order valence-electron chi connectivity index (χ1n) is 11.3. The molecule has 14 heteroatoms. The van der Waals surface area contributed by atoms with Gasteiger partial charge in [-0.05, 0) is 42.9 Å². The first kappa shape index (κ1) is 28.0. The zero-order valence-electron chi connectivity index (χ0n) is 19.3. The molecule has 1 aliphatic rings. The highest BCUT2D eigenvalue weighted by atomic mass is 35.5. The number of urea groups is 1. The number of nitrogens with one attached hydrogen (secondary N) is 2. The number of nitrogens with zero attached hydrogens (tertiary/aromatic N) is 2. The molecule has 3 rings (SSSR count). The van der Waals surface area contributed by atoms with E-state index in [0.29, 0.717) is 57.1 Å². The Bertz CT molecular complexity index is 1030. The molecule has 1 atom stereocenters. The molecule has 10 nitrogen and oxygen atoms in total. The fourth-order valence-corrected chi connectivity index (χ4v) is 4.44. The molecule has 0 spiro atoms. The van der Waals surface area contributed by atoms with Crippen LogP contribution in [0.5, 0.6) is 5.88 Å². The van der Waals surface area contributed by atoms with Gasteiger partial charge in [0.1, 0.15) is 23.2 Å². The number of aromatic carboxylic acids is 1. The summed E-state index contributed by atoms with van der Waals surface area (Å²) in [6.07, 6.45) is 1.45. The third-order valence-corrected chi connectivity index (χ3v) is 6.35. The van der Waals surface area contributed by atoms with Crippen molar-refractivity contribution >= 4 is 40.1 Å². The maximum absolute atomic E-state index is 13.9. The summed E-state index contributed by atoms with van der Waals surface area (Å²) in [7, 11) is 0. The molecule has 2 amide bonds. The number of carbonyl (C=O) groups is 2. The second kappa shape index (κ2) is 13.7. The highest BCUT2D eigenvalue weighted by Crippen LogP contribution is 2.31. The van der Waals surface area contributed by atoms with Crippen LogP contribution in [0.3, 0.4) is 0 Å². The van der Waals surface area contributed by atoms with Gasteiger partial charge in [-0.2, -0.15) is 4.37 Å². The van der Waals surface area contributed by atoms with Crippen molar-refractivity contribution < 1.29 is 38.1 Å². The van der Waals surface area contributed by atoms with Crippen LogP contribution in [-0.2, 0) is 11.3 Å². The Labute approximate surface area is 215 Å². The summed E-state index contributed by atoms with van der Waals surface area (Å²) in [6, 6.07) is 1.17. The van der Waals surface area contributed by atoms with Crippen LogP contribution in [0, 0.1) is 11.6 Å². The Morgan fingerprint density at radius 2 is 1.94 bits per heavy atom. The van der Waals surface area contributed by atoms with E-state index in [1.165, 1.54) is 0 Å². The van der Waals surface area contributed by atoms with Gasteiger partial charge in [-0.15, -0.1) is 0 Å². The summed E-state index contributed by atoms with van der Waals surface area (Å²) in [5.41, 5.74) is -0.873. The maximum Gasteiger partial charge on any atom is 0.344 e. The SMILES string of the molecule is O=C(NCCCCC(O)CN1CCOCC1)Nc1snc(OCc2c(F)cc(Cl)cc2F)c1C(=O)O. The lowest BCUT2D eigenvalue weighted by Crippen LogP contribution is -2.40. The van der Waals surface area contributed by atoms with E-state index in [1.807, 2.05) is 0 Å². The van der Waals surface area contributed by atoms with Crippen molar-refractivity contribution in [2.24, 2.45) is 0 Å². The van der Waals surface area contributed by atoms with Crippen molar-refractivity contribution in [2.45, 2.75) is 32.0 Å². The Hall–Kier alpha value is -2.58. The van der Waals surface area contributed by atoms with E-state index >= 15 is 0 Å². The number of morpholine rings is 1. The van der Waals surface area contributed by atoms with Crippen LogP contribution in [0.15, 0.2) is 12.1 Å². The number of aromatic nitrogens is 1. The molecule has 4 N–H and O–H groups in total. The molecule has 0 radical (unpaired) electrons. The number of anilines is 1. The molecule has 36 heavy (non-hydrogen) atoms. The fourth-order valence-electron chi connectivity index (χ4n) is 3.53. The summed E-state index contributed by atoms with van der Waals surface area (Å²) in [5.74, 6) is -3.71. The third-order valence-electron chi connectivity index (χ3n) is 5.38. The monoisotopic (exact) mass is 548 g/mol. The van der Waals surface area contributed by atoms with E-state index in [0.717, 1.165) is 25.2 Å². The van der Waals surface area contributed by atoms with Crippen LogP contribution < -0.4 is 15.4 Å². The normalized spacial score (nSPS) is 14.9. The molecule has 1 aromatic carbocycles. The average Bonchev–Trinajstić information content (AvgIpc) is 3.21. The molecule has 2 aromatic rings. The van der Waals surface area contributed by atoms with Crippen LogP contribution in [0.4, 0.5) is 18.6 Å². The predicted octanol–water partition coefficient (Wildman–Crippen LogP) is 3.34. The second-order valence-electron chi connectivity index (χ2n) is 8.08. The first-order chi connectivity index (χ1) is 17.2. The zero-order valence-corrected chi connectivity index (χ0v) is 20.8. The number of unbranched alkanes of at least 4 members (excludes halogenated alkanes) is 1. The molecule has 1 unspecified atom stereocenters. The summed E-state index contributed by atoms with van der Waals surface area (Å²) in [4.78, 5) is 26.0. The Morgan fingerprint density at radius 1 is 1.25 bits per heavy atom. The lowest BCUT2D eigenvalue weighted by Gasteiger charge is -2.28. The van der Waals surface area contributed by atoms with E-state index < -0.39 is 47.5 Å². The second-order valence-corrected chi connectivity index (χ2v) is 9.29. The molecule has 0 bridgehead atoms. The fraction of sp³-hybridized carbons (Fsp3) is 0.500. The molecule has 1 aliphatic heterocycles. The van der Waals surface area contributed by atoms with Crippen molar-refractivity contribution in [1.29, 1.82) is 0 Å². The predicted molar refractivity (Wildman–Crippen MR) is 129 cm³/mol. The number of carboxylic acid groups (broad SMARTS) is 1. The van der Waals surface area contributed by atoms with Gasteiger partial charge in [-0.25, -0.2) is 18.4 Å². The number of hydrogen-bond donors (Lipinski definition) is 4. The third kappa shape index (κ3) is 8.23. The van der Waals surface area contributed by atoms with Gasteiger partial charge < -0.3 is 25.0 Å². The van der Waals surface area contributed by atoms with E-state index in [4.69, 9.17) is 21.1 Å². The number of amides is 2. The summed E-state index contributed by atoms with van der Waals surface area (Å²) in [6.45, 7) is 3.22. The minimum atomic E-state index is -1.43. The van der Waals surface area contributed by atoms with E-state index in [9.17, 15) is 28.6 Å². The molecular weight excluding hydrogens is 522 g/mol. The summed E-state index contributed by atoms with van der Waals surface area (Å²) >= 11 is 6.25.